The van der Waals surface area contributed by atoms with Crippen LogP contribution in [0.15, 0.2) is 48.0 Å². The summed E-state index contributed by atoms with van der Waals surface area (Å²) in [6, 6.07) is 8.80. The maximum Gasteiger partial charge on any atom is 0.193 e. The largest absolute Gasteiger partial charge is 0.490 e. The van der Waals surface area contributed by atoms with Crippen LogP contribution in [0.1, 0.15) is 50.6 Å². The van der Waals surface area contributed by atoms with E-state index in [1.807, 2.05) is 19.6 Å². The van der Waals surface area contributed by atoms with Crippen LogP contribution in [0.5, 0.6) is 5.75 Å². The third kappa shape index (κ3) is 5.47. The Labute approximate surface area is 197 Å². The fourth-order valence-electron chi connectivity index (χ4n) is 4.55. The van der Waals surface area contributed by atoms with Crippen LogP contribution in [0.4, 0.5) is 0 Å². The average Bonchev–Trinajstić information content (AvgIpc) is 3.45. The van der Waals surface area contributed by atoms with Gasteiger partial charge in [0.2, 0.25) is 0 Å². The number of likely N-dealkylation sites (tertiary alicyclic amines) is 1. The summed E-state index contributed by atoms with van der Waals surface area (Å²) in [5.41, 5.74) is 1.19. The molecule has 2 unspecified atom stereocenters. The number of halogens is 1. The molecule has 1 aromatic carbocycles. The smallest absolute Gasteiger partial charge is 0.193 e. The molecular weight excluding hydrogens is 489 g/mol. The molecule has 0 amide bonds. The number of nitrogens with one attached hydrogen (secondary N) is 1. The predicted molar refractivity (Wildman–Crippen MR) is 132 cm³/mol. The van der Waals surface area contributed by atoms with Crippen LogP contribution in [-0.2, 0) is 6.54 Å². The van der Waals surface area contributed by atoms with Crippen LogP contribution in [0.2, 0.25) is 0 Å². The molecule has 2 aliphatic rings. The number of hydrogen-bond acceptors (Lipinski definition) is 3. The molecule has 0 radical (unpaired) electrons. The highest BCUT2D eigenvalue weighted by Crippen LogP contribution is 2.28. The van der Waals surface area contributed by atoms with Gasteiger partial charge in [-0.15, -0.1) is 24.0 Å². The van der Waals surface area contributed by atoms with Crippen molar-refractivity contribution >= 4 is 29.9 Å². The molecule has 1 aliphatic carbocycles. The lowest BCUT2D eigenvalue weighted by Crippen LogP contribution is -2.48. The molecule has 2 atom stereocenters. The zero-order valence-electron chi connectivity index (χ0n) is 18.0. The van der Waals surface area contributed by atoms with Crippen LogP contribution in [-0.4, -0.2) is 46.7 Å². The highest BCUT2D eigenvalue weighted by Gasteiger charge is 2.29. The molecule has 6 nitrogen and oxygen atoms in total. The van der Waals surface area contributed by atoms with E-state index in [0.717, 1.165) is 37.8 Å². The van der Waals surface area contributed by atoms with Gasteiger partial charge in [0.1, 0.15) is 5.75 Å². The minimum absolute atomic E-state index is 0. The Balaban J connectivity index is 0.00000256. The number of aliphatic imine (C=N–C) groups is 1. The number of benzene rings is 1. The lowest BCUT2D eigenvalue weighted by atomic mass is 9.93. The van der Waals surface area contributed by atoms with E-state index in [1.165, 1.54) is 31.2 Å². The first-order chi connectivity index (χ1) is 14.2. The fraction of sp³-hybridized carbons (Fsp3) is 0.565. The summed E-state index contributed by atoms with van der Waals surface area (Å²) in [7, 11) is 1.87. The van der Waals surface area contributed by atoms with Crippen molar-refractivity contribution < 1.29 is 4.74 Å². The van der Waals surface area contributed by atoms with Crippen molar-refractivity contribution in [2.45, 2.75) is 57.7 Å². The summed E-state index contributed by atoms with van der Waals surface area (Å²) in [6.07, 6.45) is 12.3. The Bertz CT molecular complexity index is 804. The van der Waals surface area contributed by atoms with Gasteiger partial charge in [0, 0.05) is 44.6 Å². The monoisotopic (exact) mass is 523 g/mol. The summed E-state index contributed by atoms with van der Waals surface area (Å²) in [5.74, 6) is 2.59. The van der Waals surface area contributed by atoms with Gasteiger partial charge in [-0.05, 0) is 44.1 Å². The van der Waals surface area contributed by atoms with Crippen molar-refractivity contribution in [3.63, 3.8) is 0 Å². The highest BCUT2D eigenvalue weighted by atomic mass is 127. The molecular formula is C23H34IN5O. The second kappa shape index (κ2) is 11.0. The lowest BCUT2D eigenvalue weighted by Gasteiger charge is -2.39. The van der Waals surface area contributed by atoms with Gasteiger partial charge in [-0.1, -0.05) is 25.1 Å². The van der Waals surface area contributed by atoms with Crippen LogP contribution >= 0.6 is 24.0 Å². The maximum absolute atomic E-state index is 6.29. The molecule has 164 valence electrons. The van der Waals surface area contributed by atoms with E-state index in [-0.39, 0.29) is 24.0 Å². The molecule has 0 spiro atoms. The minimum Gasteiger partial charge on any atom is -0.490 e. The standard InChI is InChI=1S/C23H33N5O.HI/c1-18-11-13-27(16-21(18)28-14-12-25-17-28)23(24-2)26-15-19-7-3-6-10-22(19)29-20-8-4-5-9-20;/h3,6-7,10,12,14,17-18,20-21H,4-5,8-9,11,13,15-16H2,1-2H3,(H,24,26);1H. The molecule has 1 aromatic heterocycles. The van der Waals surface area contributed by atoms with Crippen molar-refractivity contribution in [1.29, 1.82) is 0 Å². The van der Waals surface area contributed by atoms with Crippen LogP contribution in [0.25, 0.3) is 0 Å². The van der Waals surface area contributed by atoms with Crippen LogP contribution in [0, 0.1) is 5.92 Å². The Morgan fingerprint density at radius 1 is 1.23 bits per heavy atom. The summed E-state index contributed by atoms with van der Waals surface area (Å²) in [4.78, 5) is 11.2. The summed E-state index contributed by atoms with van der Waals surface area (Å²) < 4.78 is 8.53. The van der Waals surface area contributed by atoms with Crippen LogP contribution < -0.4 is 10.1 Å². The first kappa shape index (κ1) is 22.9. The number of nitrogens with zero attached hydrogens (tertiary/aromatic N) is 4. The Kier molecular flexibility index (Phi) is 8.41. The van der Waals surface area contributed by atoms with Crippen molar-refractivity contribution in [2.75, 3.05) is 20.1 Å². The van der Waals surface area contributed by atoms with Gasteiger partial charge in [0.25, 0.3) is 0 Å². The summed E-state index contributed by atoms with van der Waals surface area (Å²) in [5, 5.41) is 3.57. The molecule has 4 rings (SSSR count). The Morgan fingerprint density at radius 3 is 2.77 bits per heavy atom. The van der Waals surface area contributed by atoms with E-state index >= 15 is 0 Å². The first-order valence-electron chi connectivity index (χ1n) is 10.9. The Morgan fingerprint density at radius 2 is 2.03 bits per heavy atom. The van der Waals surface area contributed by atoms with Gasteiger partial charge in [0.15, 0.2) is 5.96 Å². The fourth-order valence-corrected chi connectivity index (χ4v) is 4.55. The topological polar surface area (TPSA) is 54.7 Å². The van der Waals surface area contributed by atoms with Crippen molar-refractivity contribution in [1.82, 2.24) is 19.8 Å². The number of imidazole rings is 1. The lowest BCUT2D eigenvalue weighted by molar-refractivity contribution is 0.188. The maximum atomic E-state index is 6.29. The van der Waals surface area contributed by atoms with E-state index in [0.29, 0.717) is 18.1 Å². The van der Waals surface area contributed by atoms with E-state index in [4.69, 9.17) is 4.74 Å². The second-order valence-corrected chi connectivity index (χ2v) is 8.32. The van der Waals surface area contributed by atoms with E-state index in [1.54, 1.807) is 0 Å². The van der Waals surface area contributed by atoms with Crippen molar-refractivity contribution in [3.05, 3.63) is 48.5 Å². The predicted octanol–water partition coefficient (Wildman–Crippen LogP) is 4.48. The van der Waals surface area contributed by atoms with E-state index in [2.05, 4.69) is 62.1 Å². The normalized spacial score (nSPS) is 22.6. The molecule has 0 bridgehead atoms. The minimum atomic E-state index is 0. The van der Waals surface area contributed by atoms with Crippen molar-refractivity contribution in [2.24, 2.45) is 10.9 Å². The molecule has 2 heterocycles. The second-order valence-electron chi connectivity index (χ2n) is 8.32. The van der Waals surface area contributed by atoms with Gasteiger partial charge in [-0.2, -0.15) is 0 Å². The molecule has 1 N–H and O–H groups in total. The van der Waals surface area contributed by atoms with E-state index in [9.17, 15) is 0 Å². The third-order valence-corrected chi connectivity index (χ3v) is 6.34. The molecule has 2 aromatic rings. The molecule has 1 saturated heterocycles. The van der Waals surface area contributed by atoms with Crippen molar-refractivity contribution in [3.8, 4) is 5.75 Å². The highest BCUT2D eigenvalue weighted by molar-refractivity contribution is 14.0. The number of guanidine groups is 1. The van der Waals surface area contributed by atoms with Gasteiger partial charge < -0.3 is 19.5 Å². The summed E-state index contributed by atoms with van der Waals surface area (Å²) in [6.45, 7) is 5.01. The number of ether oxygens (including phenoxy) is 1. The zero-order chi connectivity index (χ0) is 20.1. The number of piperidine rings is 1. The molecule has 30 heavy (non-hydrogen) atoms. The first-order valence-corrected chi connectivity index (χ1v) is 10.9. The molecule has 1 aliphatic heterocycles. The third-order valence-electron chi connectivity index (χ3n) is 6.34. The molecule has 1 saturated carbocycles. The number of rotatable bonds is 5. The number of hydrogen-bond donors (Lipinski definition) is 1. The Hall–Kier alpha value is -1.77. The molecule has 7 heteroatoms. The SMILES string of the molecule is CN=C(NCc1ccccc1OC1CCCC1)N1CCC(C)C(n2ccnc2)C1.I. The van der Waals surface area contributed by atoms with Crippen LogP contribution in [0.3, 0.4) is 0 Å². The average molecular weight is 523 g/mol. The van der Waals surface area contributed by atoms with E-state index < -0.39 is 0 Å². The number of aromatic nitrogens is 2. The van der Waals surface area contributed by atoms with Gasteiger partial charge in [-0.3, -0.25) is 4.99 Å². The van der Waals surface area contributed by atoms with Gasteiger partial charge in [0.05, 0.1) is 18.5 Å². The quantitative estimate of drug-likeness (QED) is 0.357. The summed E-state index contributed by atoms with van der Waals surface area (Å²) >= 11 is 0. The zero-order valence-corrected chi connectivity index (χ0v) is 20.4. The van der Waals surface area contributed by atoms with Gasteiger partial charge in [-0.25, -0.2) is 4.98 Å². The number of para-hydroxylation sites is 1. The molecule has 2 fully saturated rings. The van der Waals surface area contributed by atoms with Gasteiger partial charge >= 0.3 is 0 Å².